The maximum Gasteiger partial charge on any atom is 0.313 e. The monoisotopic (exact) mass is 207 g/mol. The zero-order valence-corrected chi connectivity index (χ0v) is 9.49. The molecule has 3 nitrogen and oxygen atoms in total. The fourth-order valence-corrected chi connectivity index (χ4v) is 1.47. The highest BCUT2D eigenvalue weighted by Crippen LogP contribution is 2.20. The molecule has 0 N–H and O–H groups in total. The van der Waals surface area contributed by atoms with E-state index in [0.29, 0.717) is 6.61 Å². The second-order valence-corrected chi connectivity index (χ2v) is 3.45. The fourth-order valence-electron chi connectivity index (χ4n) is 1.47. The Morgan fingerprint density at radius 2 is 2.20 bits per heavy atom. The number of aryl methyl sites for hydroxylation is 1. The molecule has 0 fully saturated rings. The molecule has 0 spiro atoms. The number of ether oxygens (including phenoxy) is 1. The first-order valence-electron chi connectivity index (χ1n) is 5.28. The Balaban J connectivity index is 2.82. The van der Waals surface area contributed by atoms with Crippen LogP contribution in [0.15, 0.2) is 18.3 Å². The maximum atomic E-state index is 11.6. The topological polar surface area (TPSA) is 39.2 Å². The van der Waals surface area contributed by atoms with Gasteiger partial charge in [0.15, 0.2) is 0 Å². The first-order valence-corrected chi connectivity index (χ1v) is 5.28. The van der Waals surface area contributed by atoms with Crippen molar-refractivity contribution >= 4 is 5.97 Å². The van der Waals surface area contributed by atoms with Gasteiger partial charge in [0.05, 0.1) is 12.5 Å². The third-order valence-electron chi connectivity index (χ3n) is 2.32. The minimum atomic E-state index is -0.182. The van der Waals surface area contributed by atoms with Crippen molar-refractivity contribution in [2.75, 3.05) is 6.61 Å². The molecule has 1 aromatic rings. The molecule has 3 heteroatoms. The third kappa shape index (κ3) is 3.05. The summed E-state index contributed by atoms with van der Waals surface area (Å²) in [6.45, 7) is 6.14. The van der Waals surface area contributed by atoms with Gasteiger partial charge in [-0.1, -0.05) is 13.0 Å². The molecular formula is C12H17NO2. The van der Waals surface area contributed by atoms with Crippen molar-refractivity contribution in [2.45, 2.75) is 33.1 Å². The summed E-state index contributed by atoms with van der Waals surface area (Å²) in [6.07, 6.45) is 2.49. The highest BCUT2D eigenvalue weighted by atomic mass is 16.5. The van der Waals surface area contributed by atoms with Crippen molar-refractivity contribution < 1.29 is 9.53 Å². The Morgan fingerprint density at radius 1 is 1.47 bits per heavy atom. The normalized spacial score (nSPS) is 12.2. The van der Waals surface area contributed by atoms with E-state index in [9.17, 15) is 4.79 Å². The van der Waals surface area contributed by atoms with Gasteiger partial charge >= 0.3 is 5.97 Å². The van der Waals surface area contributed by atoms with Crippen LogP contribution >= 0.6 is 0 Å². The number of carbonyl (C=O) groups excluding carboxylic acids is 1. The third-order valence-corrected chi connectivity index (χ3v) is 2.32. The molecule has 0 amide bonds. The van der Waals surface area contributed by atoms with Gasteiger partial charge in [-0.15, -0.1) is 0 Å². The highest BCUT2D eigenvalue weighted by molar-refractivity contribution is 5.77. The zero-order chi connectivity index (χ0) is 11.3. The molecule has 0 aromatic carbocycles. The standard InChI is InChI=1S/C12H17NO2/c1-4-11(12(14)15-5-2)10-7-6-9(3)13-8-10/h6-8,11H,4-5H2,1-3H3. The van der Waals surface area contributed by atoms with Gasteiger partial charge in [0.25, 0.3) is 0 Å². The molecule has 1 aromatic heterocycles. The summed E-state index contributed by atoms with van der Waals surface area (Å²) in [4.78, 5) is 15.8. The minimum Gasteiger partial charge on any atom is -0.466 e. The lowest BCUT2D eigenvalue weighted by atomic mass is 9.98. The summed E-state index contributed by atoms with van der Waals surface area (Å²) in [6, 6.07) is 3.85. The molecule has 1 unspecified atom stereocenters. The van der Waals surface area contributed by atoms with E-state index in [1.165, 1.54) is 0 Å². The highest BCUT2D eigenvalue weighted by Gasteiger charge is 2.19. The number of rotatable bonds is 4. The number of carbonyl (C=O) groups is 1. The Hall–Kier alpha value is -1.38. The van der Waals surface area contributed by atoms with Crippen molar-refractivity contribution in [3.8, 4) is 0 Å². The van der Waals surface area contributed by atoms with Crippen LogP contribution in [0.3, 0.4) is 0 Å². The summed E-state index contributed by atoms with van der Waals surface area (Å²) in [7, 11) is 0. The van der Waals surface area contributed by atoms with Crippen molar-refractivity contribution in [2.24, 2.45) is 0 Å². The van der Waals surface area contributed by atoms with Gasteiger partial charge in [0.1, 0.15) is 0 Å². The molecule has 0 aliphatic heterocycles. The van der Waals surface area contributed by atoms with Crippen molar-refractivity contribution in [3.63, 3.8) is 0 Å². The van der Waals surface area contributed by atoms with Crippen LogP contribution in [0.25, 0.3) is 0 Å². The van der Waals surface area contributed by atoms with E-state index in [0.717, 1.165) is 17.7 Å². The van der Waals surface area contributed by atoms with Gasteiger partial charge in [-0.25, -0.2) is 0 Å². The molecule has 1 heterocycles. The van der Waals surface area contributed by atoms with E-state index in [1.54, 1.807) is 6.20 Å². The number of nitrogens with zero attached hydrogens (tertiary/aromatic N) is 1. The lowest BCUT2D eigenvalue weighted by molar-refractivity contribution is -0.145. The van der Waals surface area contributed by atoms with E-state index in [1.807, 2.05) is 32.9 Å². The Labute approximate surface area is 90.5 Å². The fraction of sp³-hybridized carbons (Fsp3) is 0.500. The van der Waals surface area contributed by atoms with Crippen LogP contribution in [0, 0.1) is 6.92 Å². The van der Waals surface area contributed by atoms with Gasteiger partial charge in [-0.05, 0) is 31.9 Å². The van der Waals surface area contributed by atoms with E-state index in [2.05, 4.69) is 4.98 Å². The number of aromatic nitrogens is 1. The predicted octanol–water partition coefficient (Wildman–Crippen LogP) is 2.45. The van der Waals surface area contributed by atoms with E-state index < -0.39 is 0 Å². The Morgan fingerprint density at radius 3 is 2.67 bits per heavy atom. The maximum absolute atomic E-state index is 11.6. The summed E-state index contributed by atoms with van der Waals surface area (Å²) < 4.78 is 5.01. The van der Waals surface area contributed by atoms with Crippen LogP contribution in [0.2, 0.25) is 0 Å². The number of hydrogen-bond acceptors (Lipinski definition) is 3. The lowest BCUT2D eigenvalue weighted by Gasteiger charge is -2.13. The average molecular weight is 207 g/mol. The SMILES string of the molecule is CCOC(=O)C(CC)c1ccc(C)nc1. The van der Waals surface area contributed by atoms with Crippen LogP contribution < -0.4 is 0 Å². The largest absolute Gasteiger partial charge is 0.466 e. The summed E-state index contributed by atoms with van der Waals surface area (Å²) in [5.41, 5.74) is 1.89. The number of esters is 1. The lowest BCUT2D eigenvalue weighted by Crippen LogP contribution is -2.15. The van der Waals surface area contributed by atoms with E-state index >= 15 is 0 Å². The smallest absolute Gasteiger partial charge is 0.313 e. The van der Waals surface area contributed by atoms with E-state index in [4.69, 9.17) is 4.74 Å². The molecule has 1 rings (SSSR count). The predicted molar refractivity (Wildman–Crippen MR) is 58.6 cm³/mol. The molecule has 0 saturated carbocycles. The first kappa shape index (κ1) is 11.7. The van der Waals surface area contributed by atoms with Crippen LogP contribution in [-0.2, 0) is 9.53 Å². The first-order chi connectivity index (χ1) is 7.19. The van der Waals surface area contributed by atoms with Crippen molar-refractivity contribution in [1.82, 2.24) is 4.98 Å². The van der Waals surface area contributed by atoms with Crippen LogP contribution in [-0.4, -0.2) is 17.6 Å². The van der Waals surface area contributed by atoms with Gasteiger partial charge in [-0.2, -0.15) is 0 Å². The number of hydrogen-bond donors (Lipinski definition) is 0. The Kier molecular flexibility index (Phi) is 4.28. The van der Waals surface area contributed by atoms with Gasteiger partial charge in [0.2, 0.25) is 0 Å². The van der Waals surface area contributed by atoms with Crippen LogP contribution in [0.5, 0.6) is 0 Å². The molecule has 0 aliphatic rings. The summed E-state index contributed by atoms with van der Waals surface area (Å²) >= 11 is 0. The molecule has 82 valence electrons. The minimum absolute atomic E-state index is 0.161. The molecule has 15 heavy (non-hydrogen) atoms. The van der Waals surface area contributed by atoms with Gasteiger partial charge in [0, 0.05) is 11.9 Å². The number of pyridine rings is 1. The quantitative estimate of drug-likeness (QED) is 0.712. The van der Waals surface area contributed by atoms with Crippen LogP contribution in [0.1, 0.15) is 37.4 Å². The second-order valence-electron chi connectivity index (χ2n) is 3.45. The second kappa shape index (κ2) is 5.49. The van der Waals surface area contributed by atoms with Gasteiger partial charge < -0.3 is 4.74 Å². The van der Waals surface area contributed by atoms with Gasteiger partial charge in [-0.3, -0.25) is 9.78 Å². The molecule has 0 aliphatic carbocycles. The van der Waals surface area contributed by atoms with Crippen molar-refractivity contribution in [3.05, 3.63) is 29.6 Å². The molecule has 0 saturated heterocycles. The summed E-state index contributed by atoms with van der Waals surface area (Å²) in [5, 5.41) is 0. The van der Waals surface area contributed by atoms with E-state index in [-0.39, 0.29) is 11.9 Å². The Bertz CT molecular complexity index is 319. The molecule has 0 bridgehead atoms. The molecule has 0 radical (unpaired) electrons. The van der Waals surface area contributed by atoms with Crippen LogP contribution in [0.4, 0.5) is 0 Å². The molecular weight excluding hydrogens is 190 g/mol. The summed E-state index contributed by atoms with van der Waals surface area (Å²) in [5.74, 6) is -0.344. The zero-order valence-electron chi connectivity index (χ0n) is 9.49. The average Bonchev–Trinajstić information content (AvgIpc) is 2.22. The van der Waals surface area contributed by atoms with Crippen molar-refractivity contribution in [1.29, 1.82) is 0 Å². The molecule has 1 atom stereocenters.